The number of rotatable bonds is 4. The Morgan fingerprint density at radius 2 is 1.77 bits per heavy atom. The molecular weight excluding hydrogens is 332 g/mol. The summed E-state index contributed by atoms with van der Waals surface area (Å²) in [5, 5.41) is 9.75. The molecule has 0 aliphatic carbocycles. The van der Waals surface area contributed by atoms with Crippen molar-refractivity contribution in [2.24, 2.45) is 0 Å². The maximum absolute atomic E-state index is 11.9. The highest BCUT2D eigenvalue weighted by atomic mass is 16.5. The number of nitrogens with one attached hydrogen (secondary N) is 1. The monoisotopic (exact) mass is 350 g/mol. The number of aromatic nitrogens is 2. The zero-order valence-electron chi connectivity index (χ0n) is 14.4. The van der Waals surface area contributed by atoms with Crippen LogP contribution in [0.5, 0.6) is 5.75 Å². The van der Waals surface area contributed by atoms with Gasteiger partial charge in [0, 0.05) is 6.42 Å². The molecule has 0 aliphatic rings. The highest BCUT2D eigenvalue weighted by molar-refractivity contribution is 5.89. The van der Waals surface area contributed by atoms with Crippen LogP contribution in [0.25, 0.3) is 11.1 Å². The number of hydrogen-bond acceptors (Lipinski definition) is 5. The second-order valence-electron chi connectivity index (χ2n) is 5.85. The fourth-order valence-electron chi connectivity index (χ4n) is 2.83. The Bertz CT molecular complexity index is 1020. The van der Waals surface area contributed by atoms with Crippen molar-refractivity contribution in [2.75, 3.05) is 7.11 Å². The van der Waals surface area contributed by atoms with Gasteiger partial charge in [-0.2, -0.15) is 0 Å². The van der Waals surface area contributed by atoms with E-state index in [-0.39, 0.29) is 11.5 Å². The van der Waals surface area contributed by atoms with Crippen LogP contribution in [0, 0.1) is 6.92 Å². The van der Waals surface area contributed by atoms with Gasteiger partial charge in [-0.25, -0.2) is 9.78 Å². The van der Waals surface area contributed by atoms with E-state index in [1.54, 1.807) is 0 Å². The summed E-state index contributed by atoms with van der Waals surface area (Å²) in [7, 11) is 1.16. The molecule has 1 aromatic heterocycles. The second-order valence-corrected chi connectivity index (χ2v) is 5.85. The van der Waals surface area contributed by atoms with Gasteiger partial charge in [0.2, 0.25) is 5.75 Å². The number of nitrogens with zero attached hydrogens (tertiary/aromatic N) is 1. The van der Waals surface area contributed by atoms with Gasteiger partial charge in [0.1, 0.15) is 5.82 Å². The smallest absolute Gasteiger partial charge is 0.360 e. The molecule has 0 bridgehead atoms. The Balaban J connectivity index is 2.06. The first kappa shape index (κ1) is 17.4. The standard InChI is InChI=1S/C20H18N2O4/c1-12-7-3-5-9-14(12)15-10-6-4-8-13(15)11-16-21-17(20(25)26-2)18(23)19(24)22-16/h3-10,23H,11H2,1-2H3,(H,21,22,24). The van der Waals surface area contributed by atoms with Crippen LogP contribution in [0.3, 0.4) is 0 Å². The molecule has 0 saturated heterocycles. The average molecular weight is 350 g/mol. The number of esters is 1. The summed E-state index contributed by atoms with van der Waals surface area (Å²) in [5.74, 6) is -1.33. The Hall–Kier alpha value is -3.41. The Labute approximate surface area is 150 Å². The highest BCUT2D eigenvalue weighted by Crippen LogP contribution is 2.27. The number of benzene rings is 2. The van der Waals surface area contributed by atoms with Gasteiger partial charge >= 0.3 is 5.97 Å². The number of aromatic hydroxyl groups is 1. The number of methoxy groups -OCH3 is 1. The van der Waals surface area contributed by atoms with Gasteiger partial charge in [0.25, 0.3) is 5.56 Å². The number of aromatic amines is 1. The van der Waals surface area contributed by atoms with E-state index in [0.717, 1.165) is 29.4 Å². The molecule has 0 aliphatic heterocycles. The van der Waals surface area contributed by atoms with Gasteiger partial charge in [0.15, 0.2) is 5.69 Å². The van der Waals surface area contributed by atoms with Crippen molar-refractivity contribution in [1.82, 2.24) is 9.97 Å². The maximum Gasteiger partial charge on any atom is 0.360 e. The predicted octanol–water partition coefficient (Wildman–Crippen LogP) is 2.83. The van der Waals surface area contributed by atoms with Gasteiger partial charge in [-0.15, -0.1) is 0 Å². The fraction of sp³-hybridized carbons (Fsp3) is 0.150. The molecule has 26 heavy (non-hydrogen) atoms. The van der Waals surface area contributed by atoms with Crippen molar-refractivity contribution < 1.29 is 14.6 Å². The topological polar surface area (TPSA) is 92.3 Å². The number of carbonyl (C=O) groups excluding carboxylic acids is 1. The number of ether oxygens (including phenoxy) is 1. The van der Waals surface area contributed by atoms with Gasteiger partial charge in [-0.1, -0.05) is 48.5 Å². The molecule has 2 N–H and O–H groups in total. The lowest BCUT2D eigenvalue weighted by molar-refractivity contribution is 0.0589. The Morgan fingerprint density at radius 1 is 1.12 bits per heavy atom. The summed E-state index contributed by atoms with van der Waals surface area (Å²) in [6.07, 6.45) is 0.296. The molecule has 6 nitrogen and oxygen atoms in total. The summed E-state index contributed by atoms with van der Waals surface area (Å²) in [5.41, 5.74) is 3.00. The lowest BCUT2D eigenvalue weighted by Gasteiger charge is -2.12. The highest BCUT2D eigenvalue weighted by Gasteiger charge is 2.19. The van der Waals surface area contributed by atoms with E-state index < -0.39 is 17.3 Å². The van der Waals surface area contributed by atoms with Crippen molar-refractivity contribution in [3.05, 3.63) is 81.5 Å². The van der Waals surface area contributed by atoms with E-state index in [0.29, 0.717) is 6.42 Å². The van der Waals surface area contributed by atoms with Gasteiger partial charge in [-0.05, 0) is 29.2 Å². The van der Waals surface area contributed by atoms with Crippen LogP contribution in [0.1, 0.15) is 27.4 Å². The molecule has 132 valence electrons. The predicted molar refractivity (Wildman–Crippen MR) is 97.3 cm³/mol. The Kier molecular flexibility index (Phi) is 4.84. The summed E-state index contributed by atoms with van der Waals surface area (Å²) in [4.78, 5) is 30.2. The largest absolute Gasteiger partial charge is 0.501 e. The van der Waals surface area contributed by atoms with Crippen molar-refractivity contribution in [2.45, 2.75) is 13.3 Å². The van der Waals surface area contributed by atoms with Crippen LogP contribution in [0.4, 0.5) is 0 Å². The van der Waals surface area contributed by atoms with Crippen LogP contribution >= 0.6 is 0 Å². The number of hydrogen-bond donors (Lipinski definition) is 2. The third-order valence-corrected chi connectivity index (χ3v) is 4.13. The molecule has 0 fully saturated rings. The van der Waals surface area contributed by atoms with Crippen molar-refractivity contribution in [1.29, 1.82) is 0 Å². The first-order chi connectivity index (χ1) is 12.5. The van der Waals surface area contributed by atoms with Gasteiger partial charge < -0.3 is 14.8 Å². The minimum Gasteiger partial charge on any atom is -0.501 e. The first-order valence-corrected chi connectivity index (χ1v) is 8.05. The van der Waals surface area contributed by atoms with E-state index in [9.17, 15) is 14.7 Å². The van der Waals surface area contributed by atoms with Crippen LogP contribution < -0.4 is 5.56 Å². The van der Waals surface area contributed by atoms with E-state index in [1.165, 1.54) is 0 Å². The zero-order chi connectivity index (χ0) is 18.7. The fourth-order valence-corrected chi connectivity index (χ4v) is 2.83. The van der Waals surface area contributed by atoms with Crippen LogP contribution in [0.2, 0.25) is 0 Å². The lowest BCUT2D eigenvalue weighted by atomic mass is 9.94. The van der Waals surface area contributed by atoms with Gasteiger partial charge in [-0.3, -0.25) is 4.79 Å². The average Bonchev–Trinajstić information content (AvgIpc) is 2.65. The second kappa shape index (κ2) is 7.23. The normalized spacial score (nSPS) is 10.5. The molecule has 0 radical (unpaired) electrons. The van der Waals surface area contributed by atoms with Gasteiger partial charge in [0.05, 0.1) is 7.11 Å². The molecule has 0 amide bonds. The molecule has 0 unspecified atom stereocenters. The lowest BCUT2D eigenvalue weighted by Crippen LogP contribution is -2.18. The molecule has 0 saturated carbocycles. The number of H-pyrrole nitrogens is 1. The number of aryl methyl sites for hydroxylation is 1. The third-order valence-electron chi connectivity index (χ3n) is 4.13. The molecular formula is C20H18N2O4. The molecule has 3 rings (SSSR count). The van der Waals surface area contributed by atoms with Crippen LogP contribution in [-0.2, 0) is 11.2 Å². The summed E-state index contributed by atoms with van der Waals surface area (Å²) in [6, 6.07) is 15.8. The van der Waals surface area contributed by atoms with E-state index in [4.69, 9.17) is 0 Å². The minimum absolute atomic E-state index is 0.272. The Morgan fingerprint density at radius 3 is 2.46 bits per heavy atom. The summed E-state index contributed by atoms with van der Waals surface area (Å²) >= 11 is 0. The third kappa shape index (κ3) is 3.35. The first-order valence-electron chi connectivity index (χ1n) is 8.05. The molecule has 0 spiro atoms. The quantitative estimate of drug-likeness (QED) is 0.706. The SMILES string of the molecule is COC(=O)c1nc(Cc2ccccc2-c2ccccc2C)[nH]c(=O)c1O. The molecule has 1 heterocycles. The molecule has 3 aromatic rings. The van der Waals surface area contributed by atoms with Crippen molar-refractivity contribution >= 4 is 5.97 Å². The maximum atomic E-state index is 11.9. The van der Waals surface area contributed by atoms with E-state index in [1.807, 2.05) is 55.5 Å². The molecule has 6 heteroatoms. The van der Waals surface area contributed by atoms with E-state index >= 15 is 0 Å². The van der Waals surface area contributed by atoms with E-state index in [2.05, 4.69) is 14.7 Å². The minimum atomic E-state index is -0.859. The zero-order valence-corrected chi connectivity index (χ0v) is 14.4. The van der Waals surface area contributed by atoms with Crippen LogP contribution in [-0.4, -0.2) is 28.2 Å². The van der Waals surface area contributed by atoms with Crippen molar-refractivity contribution in [3.8, 4) is 16.9 Å². The van der Waals surface area contributed by atoms with Crippen LogP contribution in [0.15, 0.2) is 53.3 Å². The van der Waals surface area contributed by atoms with Crippen molar-refractivity contribution in [3.63, 3.8) is 0 Å². The molecule has 0 atom stereocenters. The molecule has 2 aromatic carbocycles. The summed E-state index contributed by atoms with van der Waals surface area (Å²) in [6.45, 7) is 2.03. The number of carbonyl (C=O) groups is 1. The summed E-state index contributed by atoms with van der Waals surface area (Å²) < 4.78 is 4.57.